The normalized spacial score (nSPS) is 15.1. The SMILES string of the molecule is COc1ccc(F)cc1C(=O)NC1COc2cc(OC)c(S(=O)(=O)NC(=O)SNC(C)C)cc2C1. The van der Waals surface area contributed by atoms with Crippen LogP contribution in [0.2, 0.25) is 0 Å². The minimum atomic E-state index is -4.27. The first kappa shape index (κ1) is 26.6. The Balaban J connectivity index is 1.81. The van der Waals surface area contributed by atoms with E-state index in [1.165, 1.54) is 38.5 Å². The molecule has 0 spiro atoms. The summed E-state index contributed by atoms with van der Waals surface area (Å²) < 4.78 is 60.2. The number of carbonyl (C=O) groups excluding carboxylic acids is 2. The molecular weight excluding hydrogens is 501 g/mol. The van der Waals surface area contributed by atoms with Gasteiger partial charge in [0.15, 0.2) is 0 Å². The Hall–Kier alpha value is -3.03. The Morgan fingerprint density at radius 1 is 1.14 bits per heavy atom. The van der Waals surface area contributed by atoms with Gasteiger partial charge in [0.05, 0.1) is 25.8 Å². The molecular formula is C22H26FN3O7S2. The molecule has 2 aromatic carbocycles. The smallest absolute Gasteiger partial charge is 0.307 e. The number of ether oxygens (including phenoxy) is 3. The molecule has 190 valence electrons. The van der Waals surface area contributed by atoms with Crippen molar-refractivity contribution in [3.05, 3.63) is 47.3 Å². The molecule has 0 fully saturated rings. The highest BCUT2D eigenvalue weighted by atomic mass is 32.2. The molecule has 3 rings (SSSR count). The first-order valence-electron chi connectivity index (χ1n) is 10.5. The maximum atomic E-state index is 13.7. The fraction of sp³-hybridized carbons (Fsp3) is 0.364. The predicted octanol–water partition coefficient (Wildman–Crippen LogP) is 2.62. The lowest BCUT2D eigenvalue weighted by Gasteiger charge is -2.27. The van der Waals surface area contributed by atoms with Crippen LogP contribution in [0.25, 0.3) is 0 Å². The Bertz CT molecular complexity index is 1220. The molecule has 2 amide bonds. The molecule has 1 aliphatic rings. The quantitative estimate of drug-likeness (QED) is 0.443. The van der Waals surface area contributed by atoms with Gasteiger partial charge in [0.2, 0.25) is 0 Å². The lowest BCUT2D eigenvalue weighted by molar-refractivity contribution is 0.0911. The van der Waals surface area contributed by atoms with E-state index in [2.05, 4.69) is 10.0 Å². The van der Waals surface area contributed by atoms with Crippen LogP contribution >= 0.6 is 11.9 Å². The minimum Gasteiger partial charge on any atom is -0.496 e. The second kappa shape index (κ2) is 11.1. The highest BCUT2D eigenvalue weighted by Crippen LogP contribution is 2.35. The summed E-state index contributed by atoms with van der Waals surface area (Å²) in [6, 6.07) is 5.78. The van der Waals surface area contributed by atoms with Crippen molar-refractivity contribution < 1.29 is 36.6 Å². The molecule has 1 heterocycles. The zero-order valence-corrected chi connectivity index (χ0v) is 21.1. The van der Waals surface area contributed by atoms with Crippen LogP contribution in [0.1, 0.15) is 29.8 Å². The summed E-state index contributed by atoms with van der Waals surface area (Å²) >= 11 is 0.628. The number of rotatable bonds is 8. The Labute approximate surface area is 207 Å². The molecule has 0 saturated carbocycles. The van der Waals surface area contributed by atoms with Crippen LogP contribution in [0.3, 0.4) is 0 Å². The van der Waals surface area contributed by atoms with Crippen LogP contribution in [0.4, 0.5) is 9.18 Å². The van der Waals surface area contributed by atoms with Gasteiger partial charge in [-0.1, -0.05) is 0 Å². The van der Waals surface area contributed by atoms with Crippen molar-refractivity contribution in [1.29, 1.82) is 0 Å². The van der Waals surface area contributed by atoms with Crippen molar-refractivity contribution in [3.8, 4) is 17.2 Å². The third kappa shape index (κ3) is 6.55. The van der Waals surface area contributed by atoms with Gasteiger partial charge in [-0.3, -0.25) is 14.3 Å². The van der Waals surface area contributed by atoms with E-state index in [1.54, 1.807) is 13.8 Å². The summed E-state index contributed by atoms with van der Waals surface area (Å²) in [5.41, 5.74) is 0.501. The number of hydrogen-bond acceptors (Lipinski definition) is 9. The van der Waals surface area contributed by atoms with Crippen LogP contribution in [-0.2, 0) is 16.4 Å². The van der Waals surface area contributed by atoms with Crippen molar-refractivity contribution in [3.63, 3.8) is 0 Å². The minimum absolute atomic E-state index is 0.00199. The molecule has 35 heavy (non-hydrogen) atoms. The van der Waals surface area contributed by atoms with E-state index in [1.807, 2.05) is 4.72 Å². The van der Waals surface area contributed by atoms with E-state index >= 15 is 0 Å². The number of nitrogens with one attached hydrogen (secondary N) is 3. The number of carbonyl (C=O) groups is 2. The Morgan fingerprint density at radius 3 is 2.51 bits per heavy atom. The van der Waals surface area contributed by atoms with E-state index in [-0.39, 0.29) is 41.0 Å². The van der Waals surface area contributed by atoms with Crippen molar-refractivity contribution in [2.24, 2.45) is 0 Å². The molecule has 1 aliphatic heterocycles. The van der Waals surface area contributed by atoms with Crippen LogP contribution in [-0.4, -0.2) is 52.5 Å². The second-order valence-electron chi connectivity index (χ2n) is 7.91. The largest absolute Gasteiger partial charge is 0.496 e. The summed E-state index contributed by atoms with van der Waals surface area (Å²) in [4.78, 5) is 24.5. The van der Waals surface area contributed by atoms with Gasteiger partial charge in [0.25, 0.3) is 15.9 Å². The molecule has 0 saturated heterocycles. The first-order valence-corrected chi connectivity index (χ1v) is 12.8. The molecule has 2 aromatic rings. The number of hydrogen-bond donors (Lipinski definition) is 3. The molecule has 0 aliphatic carbocycles. The van der Waals surface area contributed by atoms with Gasteiger partial charge >= 0.3 is 5.24 Å². The number of sulfonamides is 1. The highest BCUT2D eigenvalue weighted by molar-refractivity contribution is 8.13. The summed E-state index contributed by atoms with van der Waals surface area (Å²) in [6.07, 6.45) is 0.225. The topological polar surface area (TPSA) is 132 Å². The lowest BCUT2D eigenvalue weighted by atomic mass is 10.0. The van der Waals surface area contributed by atoms with Crippen molar-refractivity contribution >= 4 is 33.1 Å². The van der Waals surface area contributed by atoms with E-state index < -0.39 is 33.0 Å². The van der Waals surface area contributed by atoms with Crippen LogP contribution in [0.15, 0.2) is 35.2 Å². The fourth-order valence-corrected chi connectivity index (χ4v) is 5.20. The van der Waals surface area contributed by atoms with Gasteiger partial charge in [-0.15, -0.1) is 0 Å². The van der Waals surface area contributed by atoms with Crippen molar-refractivity contribution in [1.82, 2.24) is 14.8 Å². The molecule has 3 N–H and O–H groups in total. The number of fused-ring (bicyclic) bond motifs is 1. The third-order valence-electron chi connectivity index (χ3n) is 4.89. The molecule has 10 nitrogen and oxygen atoms in total. The van der Waals surface area contributed by atoms with Gasteiger partial charge in [0, 0.05) is 24.1 Å². The van der Waals surface area contributed by atoms with E-state index in [4.69, 9.17) is 14.2 Å². The number of methoxy groups -OCH3 is 2. The van der Waals surface area contributed by atoms with Gasteiger partial charge in [-0.2, -0.15) is 0 Å². The van der Waals surface area contributed by atoms with Crippen LogP contribution in [0.5, 0.6) is 17.2 Å². The summed E-state index contributed by atoms with van der Waals surface area (Å²) in [7, 11) is -1.60. The molecule has 1 atom stereocenters. The van der Waals surface area contributed by atoms with Crippen LogP contribution < -0.4 is 29.0 Å². The Morgan fingerprint density at radius 2 is 1.86 bits per heavy atom. The van der Waals surface area contributed by atoms with Gasteiger partial charge < -0.3 is 19.5 Å². The number of amides is 2. The maximum absolute atomic E-state index is 13.7. The summed E-state index contributed by atoms with van der Waals surface area (Å²) in [5.74, 6) is -0.567. The van der Waals surface area contributed by atoms with Crippen molar-refractivity contribution in [2.45, 2.75) is 37.2 Å². The fourth-order valence-electron chi connectivity index (χ4n) is 3.33. The lowest BCUT2D eigenvalue weighted by Crippen LogP contribution is -2.43. The highest BCUT2D eigenvalue weighted by Gasteiger charge is 2.29. The summed E-state index contributed by atoms with van der Waals surface area (Å²) in [6.45, 7) is 3.71. The monoisotopic (exact) mass is 527 g/mol. The number of benzene rings is 2. The Kier molecular flexibility index (Phi) is 8.46. The van der Waals surface area contributed by atoms with E-state index in [0.29, 0.717) is 23.3 Å². The molecule has 0 aromatic heterocycles. The van der Waals surface area contributed by atoms with E-state index in [9.17, 15) is 22.4 Å². The molecule has 1 unspecified atom stereocenters. The van der Waals surface area contributed by atoms with Gasteiger partial charge in [-0.25, -0.2) is 17.5 Å². The average molecular weight is 528 g/mol. The zero-order chi connectivity index (χ0) is 25.8. The van der Waals surface area contributed by atoms with Crippen LogP contribution in [0, 0.1) is 5.82 Å². The predicted molar refractivity (Wildman–Crippen MR) is 128 cm³/mol. The third-order valence-corrected chi connectivity index (χ3v) is 7.25. The van der Waals surface area contributed by atoms with Crippen molar-refractivity contribution in [2.75, 3.05) is 20.8 Å². The standard InChI is InChI=1S/C22H26FN3O7S2/c1-12(2)25-34-22(28)26-35(29,30)20-8-13-7-15(11-33-18(13)10-19(20)32-4)24-21(27)16-9-14(23)5-6-17(16)31-3/h5-6,8-10,12,15,25H,7,11H2,1-4H3,(H,24,27)(H,26,28). The zero-order valence-electron chi connectivity index (χ0n) is 19.5. The van der Waals surface area contributed by atoms with E-state index in [0.717, 1.165) is 6.07 Å². The maximum Gasteiger partial charge on any atom is 0.307 e. The molecule has 0 bridgehead atoms. The first-order chi connectivity index (χ1) is 16.5. The number of halogens is 1. The summed E-state index contributed by atoms with van der Waals surface area (Å²) in [5, 5.41) is 1.95. The van der Waals surface area contributed by atoms with Gasteiger partial charge in [-0.05, 0) is 50.1 Å². The molecule has 13 heteroatoms. The molecule has 0 radical (unpaired) electrons. The van der Waals surface area contributed by atoms with Gasteiger partial charge in [0.1, 0.15) is 34.6 Å². The average Bonchev–Trinajstić information content (AvgIpc) is 2.81. The second-order valence-corrected chi connectivity index (χ2v) is 10.4.